The van der Waals surface area contributed by atoms with Gasteiger partial charge in [0.15, 0.2) is 0 Å². The van der Waals surface area contributed by atoms with Crippen LogP contribution in [0.3, 0.4) is 0 Å². The molecule has 1 saturated heterocycles. The first-order valence-electron chi connectivity index (χ1n) is 7.28. The minimum absolute atomic E-state index is 0.212. The molecule has 0 aliphatic carbocycles. The highest BCUT2D eigenvalue weighted by Gasteiger charge is 2.41. The number of methoxy groups -OCH3 is 1. The lowest BCUT2D eigenvalue weighted by Crippen LogP contribution is -2.32. The molecule has 0 amide bonds. The summed E-state index contributed by atoms with van der Waals surface area (Å²) < 4.78 is 6.86. The van der Waals surface area contributed by atoms with E-state index in [1.807, 2.05) is 18.7 Å². The van der Waals surface area contributed by atoms with Gasteiger partial charge in [0.25, 0.3) is 0 Å². The van der Waals surface area contributed by atoms with E-state index in [2.05, 4.69) is 20.3 Å². The van der Waals surface area contributed by atoms with Crippen LogP contribution in [0.4, 0.5) is 5.95 Å². The van der Waals surface area contributed by atoms with Crippen LogP contribution in [0, 0.1) is 0 Å². The summed E-state index contributed by atoms with van der Waals surface area (Å²) in [6.45, 7) is 5.08. The second-order valence-corrected chi connectivity index (χ2v) is 5.78. The van der Waals surface area contributed by atoms with Crippen LogP contribution in [-0.4, -0.2) is 50.3 Å². The van der Waals surface area contributed by atoms with Gasteiger partial charge in [0, 0.05) is 31.3 Å². The zero-order chi connectivity index (χ0) is 15.7. The van der Waals surface area contributed by atoms with E-state index in [0.29, 0.717) is 37.0 Å². The van der Waals surface area contributed by atoms with Gasteiger partial charge < -0.3 is 14.7 Å². The maximum Gasteiger partial charge on any atom is 0.228 e. The third-order valence-electron chi connectivity index (χ3n) is 3.87. The largest absolute Gasteiger partial charge is 0.481 e. The van der Waals surface area contributed by atoms with Gasteiger partial charge in [-0.15, -0.1) is 5.10 Å². The molecule has 0 saturated carbocycles. The molecule has 8 nitrogen and oxygen atoms in total. The SMILES string of the molecule is COc1ccnc(N2CC[C@](O)(c3cn(C(C)C)nn3)C2)n1. The van der Waals surface area contributed by atoms with Crippen LogP contribution in [0.25, 0.3) is 0 Å². The number of hydrogen-bond donors (Lipinski definition) is 1. The van der Waals surface area contributed by atoms with Gasteiger partial charge >= 0.3 is 0 Å². The number of anilines is 1. The Kier molecular flexibility index (Phi) is 3.69. The van der Waals surface area contributed by atoms with Gasteiger partial charge in [0.2, 0.25) is 11.8 Å². The molecule has 0 bridgehead atoms. The molecule has 1 atom stereocenters. The second-order valence-electron chi connectivity index (χ2n) is 5.78. The summed E-state index contributed by atoms with van der Waals surface area (Å²) in [7, 11) is 1.57. The van der Waals surface area contributed by atoms with E-state index >= 15 is 0 Å². The molecule has 0 unspecified atom stereocenters. The summed E-state index contributed by atoms with van der Waals surface area (Å²) >= 11 is 0. The Morgan fingerprint density at radius 2 is 2.23 bits per heavy atom. The molecule has 3 rings (SSSR count). The maximum atomic E-state index is 10.9. The number of hydrogen-bond acceptors (Lipinski definition) is 7. The van der Waals surface area contributed by atoms with E-state index in [0.717, 1.165) is 0 Å². The summed E-state index contributed by atoms with van der Waals surface area (Å²) in [6.07, 6.45) is 4.01. The van der Waals surface area contributed by atoms with E-state index in [-0.39, 0.29) is 6.04 Å². The fourth-order valence-electron chi connectivity index (χ4n) is 2.51. The molecule has 2 aromatic heterocycles. The first-order chi connectivity index (χ1) is 10.5. The second kappa shape index (κ2) is 5.53. The number of nitrogens with zero attached hydrogens (tertiary/aromatic N) is 6. The quantitative estimate of drug-likeness (QED) is 0.891. The predicted molar refractivity (Wildman–Crippen MR) is 79.7 cm³/mol. The average molecular weight is 304 g/mol. The molecule has 0 radical (unpaired) electrons. The number of rotatable bonds is 4. The Hall–Kier alpha value is -2.22. The first kappa shape index (κ1) is 14.7. The summed E-state index contributed by atoms with van der Waals surface area (Å²) in [5.41, 5.74) is -0.439. The molecule has 1 fully saturated rings. The summed E-state index contributed by atoms with van der Waals surface area (Å²) in [6, 6.07) is 1.91. The summed E-state index contributed by atoms with van der Waals surface area (Å²) in [5.74, 6) is 1.05. The molecule has 1 N–H and O–H groups in total. The molecule has 0 spiro atoms. The molecule has 8 heteroatoms. The minimum atomic E-state index is -1.03. The van der Waals surface area contributed by atoms with Crippen molar-refractivity contribution in [2.75, 3.05) is 25.1 Å². The number of aromatic nitrogens is 5. The Bertz CT molecular complexity index is 658. The molecular weight excluding hydrogens is 284 g/mol. The number of aliphatic hydroxyl groups is 1. The van der Waals surface area contributed by atoms with Crippen molar-refractivity contribution in [3.63, 3.8) is 0 Å². The smallest absolute Gasteiger partial charge is 0.228 e. The highest BCUT2D eigenvalue weighted by atomic mass is 16.5. The fraction of sp³-hybridized carbons (Fsp3) is 0.571. The third kappa shape index (κ3) is 2.61. The zero-order valence-electron chi connectivity index (χ0n) is 13.0. The molecule has 2 aromatic rings. The van der Waals surface area contributed by atoms with Crippen LogP contribution < -0.4 is 9.64 Å². The van der Waals surface area contributed by atoms with Crippen molar-refractivity contribution in [3.8, 4) is 5.88 Å². The van der Waals surface area contributed by atoms with Gasteiger partial charge in [0.1, 0.15) is 11.3 Å². The van der Waals surface area contributed by atoms with E-state index in [1.54, 1.807) is 30.3 Å². The van der Waals surface area contributed by atoms with Crippen molar-refractivity contribution in [2.45, 2.75) is 31.9 Å². The molecule has 1 aliphatic heterocycles. The number of β-amino-alcohol motifs (C(OH)–C–C–N with tert-alkyl or cyclic N) is 1. The van der Waals surface area contributed by atoms with Crippen LogP contribution in [0.1, 0.15) is 32.0 Å². The van der Waals surface area contributed by atoms with Crippen molar-refractivity contribution in [1.82, 2.24) is 25.0 Å². The van der Waals surface area contributed by atoms with Crippen molar-refractivity contribution < 1.29 is 9.84 Å². The van der Waals surface area contributed by atoms with Crippen LogP contribution >= 0.6 is 0 Å². The van der Waals surface area contributed by atoms with Gasteiger partial charge in [-0.2, -0.15) is 4.98 Å². The van der Waals surface area contributed by atoms with Crippen LogP contribution in [-0.2, 0) is 5.60 Å². The average Bonchev–Trinajstić information content (AvgIpc) is 3.15. The lowest BCUT2D eigenvalue weighted by molar-refractivity contribution is 0.0558. The normalized spacial score (nSPS) is 21.6. The number of ether oxygens (including phenoxy) is 1. The monoisotopic (exact) mass is 304 g/mol. The standard InChI is InChI=1S/C14H20N6O2/c1-10(2)20-8-11(17-18-20)14(21)5-7-19(9-14)13-15-6-4-12(16-13)22-3/h4,6,8,10,21H,5,7,9H2,1-3H3/t14-/m1/s1. The first-order valence-corrected chi connectivity index (χ1v) is 7.28. The zero-order valence-corrected chi connectivity index (χ0v) is 13.0. The highest BCUT2D eigenvalue weighted by Crippen LogP contribution is 2.32. The molecule has 22 heavy (non-hydrogen) atoms. The molecule has 0 aromatic carbocycles. The van der Waals surface area contributed by atoms with E-state index < -0.39 is 5.60 Å². The predicted octanol–water partition coefficient (Wildman–Crippen LogP) is 0.755. The van der Waals surface area contributed by atoms with Gasteiger partial charge in [-0.05, 0) is 13.8 Å². The van der Waals surface area contributed by atoms with Gasteiger partial charge in [0.05, 0.1) is 19.9 Å². The van der Waals surface area contributed by atoms with Crippen molar-refractivity contribution in [3.05, 3.63) is 24.2 Å². The Labute approximate surface area is 128 Å². The Balaban J connectivity index is 1.80. The van der Waals surface area contributed by atoms with E-state index in [4.69, 9.17) is 4.74 Å². The third-order valence-corrected chi connectivity index (χ3v) is 3.87. The highest BCUT2D eigenvalue weighted by molar-refractivity contribution is 5.36. The minimum Gasteiger partial charge on any atom is -0.481 e. The molecule has 1 aliphatic rings. The van der Waals surface area contributed by atoms with Crippen molar-refractivity contribution >= 4 is 5.95 Å². The van der Waals surface area contributed by atoms with Gasteiger partial charge in [-0.3, -0.25) is 0 Å². The molecule has 118 valence electrons. The molecule has 3 heterocycles. The van der Waals surface area contributed by atoms with Crippen molar-refractivity contribution in [2.24, 2.45) is 0 Å². The Morgan fingerprint density at radius 1 is 1.41 bits per heavy atom. The molecular formula is C14H20N6O2. The summed E-state index contributed by atoms with van der Waals surface area (Å²) in [4.78, 5) is 10.5. The lowest BCUT2D eigenvalue weighted by Gasteiger charge is -2.21. The van der Waals surface area contributed by atoms with Crippen LogP contribution in [0.15, 0.2) is 18.5 Å². The van der Waals surface area contributed by atoms with Gasteiger partial charge in [-0.1, -0.05) is 5.21 Å². The van der Waals surface area contributed by atoms with E-state index in [1.165, 1.54) is 0 Å². The van der Waals surface area contributed by atoms with E-state index in [9.17, 15) is 5.11 Å². The fourth-order valence-corrected chi connectivity index (χ4v) is 2.51. The topological polar surface area (TPSA) is 89.2 Å². The maximum absolute atomic E-state index is 10.9. The lowest BCUT2D eigenvalue weighted by atomic mass is 10.00. The van der Waals surface area contributed by atoms with Crippen LogP contribution in [0.5, 0.6) is 5.88 Å². The van der Waals surface area contributed by atoms with Crippen LogP contribution in [0.2, 0.25) is 0 Å². The van der Waals surface area contributed by atoms with Crippen molar-refractivity contribution in [1.29, 1.82) is 0 Å². The Morgan fingerprint density at radius 3 is 2.91 bits per heavy atom. The summed E-state index contributed by atoms with van der Waals surface area (Å²) in [5, 5.41) is 19.1. The van der Waals surface area contributed by atoms with Gasteiger partial charge in [-0.25, -0.2) is 9.67 Å².